The number of nitrogens with zero attached hydrogens (tertiary/aromatic N) is 1. The van der Waals surface area contributed by atoms with Crippen LogP contribution in [0.15, 0.2) is 88.8 Å². The predicted molar refractivity (Wildman–Crippen MR) is 112 cm³/mol. The molecule has 1 aromatic heterocycles. The molecule has 3 aromatic carbocycles. The minimum absolute atomic E-state index is 0.0950. The van der Waals surface area contributed by atoms with Gasteiger partial charge in [0, 0.05) is 18.2 Å². The lowest BCUT2D eigenvalue weighted by Crippen LogP contribution is -2.10. The second-order valence-electron chi connectivity index (χ2n) is 6.44. The SMILES string of the molecule is O=c1cc(Cc2cccc3ccccc23)nc(SCCc2ccccc2)[nH]1. The lowest BCUT2D eigenvalue weighted by atomic mass is 10.0. The van der Waals surface area contributed by atoms with E-state index in [4.69, 9.17) is 0 Å². The van der Waals surface area contributed by atoms with Crippen molar-refractivity contribution in [1.82, 2.24) is 9.97 Å². The second-order valence-corrected chi connectivity index (χ2v) is 7.52. The van der Waals surface area contributed by atoms with Crippen molar-refractivity contribution < 1.29 is 0 Å². The van der Waals surface area contributed by atoms with Crippen LogP contribution in [-0.4, -0.2) is 15.7 Å². The fraction of sp³-hybridized carbons (Fsp3) is 0.130. The van der Waals surface area contributed by atoms with Crippen LogP contribution in [0.25, 0.3) is 10.8 Å². The molecule has 0 aliphatic carbocycles. The maximum absolute atomic E-state index is 12.1. The van der Waals surface area contributed by atoms with Gasteiger partial charge in [-0.2, -0.15) is 0 Å². The highest BCUT2D eigenvalue weighted by atomic mass is 32.2. The number of aryl methyl sites for hydroxylation is 1. The number of H-pyrrole nitrogens is 1. The van der Waals surface area contributed by atoms with Crippen LogP contribution in [0.1, 0.15) is 16.8 Å². The third-order valence-electron chi connectivity index (χ3n) is 4.50. The summed E-state index contributed by atoms with van der Waals surface area (Å²) in [4.78, 5) is 19.6. The number of fused-ring (bicyclic) bond motifs is 1. The first-order valence-electron chi connectivity index (χ1n) is 9.01. The van der Waals surface area contributed by atoms with Crippen LogP contribution >= 0.6 is 11.8 Å². The third-order valence-corrected chi connectivity index (χ3v) is 5.37. The van der Waals surface area contributed by atoms with Gasteiger partial charge in [0.2, 0.25) is 0 Å². The number of benzene rings is 3. The molecule has 0 aliphatic heterocycles. The summed E-state index contributed by atoms with van der Waals surface area (Å²) in [6, 6.07) is 26.5. The van der Waals surface area contributed by atoms with Gasteiger partial charge in [-0.25, -0.2) is 4.98 Å². The van der Waals surface area contributed by atoms with E-state index in [1.165, 1.54) is 21.9 Å². The van der Waals surface area contributed by atoms with E-state index >= 15 is 0 Å². The Labute approximate surface area is 162 Å². The van der Waals surface area contributed by atoms with Gasteiger partial charge in [-0.3, -0.25) is 4.79 Å². The molecule has 1 heterocycles. The van der Waals surface area contributed by atoms with E-state index in [0.29, 0.717) is 11.6 Å². The number of nitrogens with one attached hydrogen (secondary N) is 1. The predicted octanol–water partition coefficient (Wildman–Crippen LogP) is 4.85. The molecule has 0 bridgehead atoms. The molecule has 3 nitrogen and oxygen atoms in total. The molecule has 0 atom stereocenters. The Morgan fingerprint density at radius 2 is 1.67 bits per heavy atom. The lowest BCUT2D eigenvalue weighted by molar-refractivity contribution is 0.880. The monoisotopic (exact) mass is 372 g/mol. The fourth-order valence-electron chi connectivity index (χ4n) is 3.19. The van der Waals surface area contributed by atoms with Crippen molar-refractivity contribution >= 4 is 22.5 Å². The number of thioether (sulfide) groups is 1. The number of aromatic amines is 1. The summed E-state index contributed by atoms with van der Waals surface area (Å²) in [5, 5.41) is 3.10. The largest absolute Gasteiger partial charge is 0.301 e. The van der Waals surface area contributed by atoms with Crippen molar-refractivity contribution in [3.63, 3.8) is 0 Å². The zero-order chi connectivity index (χ0) is 18.5. The minimum Gasteiger partial charge on any atom is -0.301 e. The Morgan fingerprint density at radius 3 is 2.56 bits per heavy atom. The lowest BCUT2D eigenvalue weighted by Gasteiger charge is -2.07. The van der Waals surface area contributed by atoms with Gasteiger partial charge in [0.15, 0.2) is 5.16 Å². The summed E-state index contributed by atoms with van der Waals surface area (Å²) in [6.45, 7) is 0. The van der Waals surface area contributed by atoms with Crippen LogP contribution in [0.4, 0.5) is 0 Å². The Kier molecular flexibility index (Phi) is 5.35. The summed E-state index contributed by atoms with van der Waals surface area (Å²) in [5.74, 6) is 0.880. The first kappa shape index (κ1) is 17.6. The van der Waals surface area contributed by atoms with E-state index in [0.717, 1.165) is 17.9 Å². The van der Waals surface area contributed by atoms with Crippen LogP contribution in [0.2, 0.25) is 0 Å². The molecule has 4 aromatic rings. The molecule has 1 N–H and O–H groups in total. The quantitative estimate of drug-likeness (QED) is 0.389. The smallest absolute Gasteiger partial charge is 0.251 e. The number of aromatic nitrogens is 2. The van der Waals surface area contributed by atoms with Crippen LogP contribution in [0, 0.1) is 0 Å². The molecule has 4 rings (SSSR count). The Morgan fingerprint density at radius 1 is 0.889 bits per heavy atom. The van der Waals surface area contributed by atoms with Gasteiger partial charge >= 0.3 is 0 Å². The highest BCUT2D eigenvalue weighted by Gasteiger charge is 2.06. The van der Waals surface area contributed by atoms with Crippen LogP contribution in [0.5, 0.6) is 0 Å². The van der Waals surface area contributed by atoms with Crippen LogP contribution in [0.3, 0.4) is 0 Å². The van der Waals surface area contributed by atoms with Gasteiger partial charge in [-0.05, 0) is 28.3 Å². The van der Waals surface area contributed by atoms with E-state index in [-0.39, 0.29) is 5.56 Å². The van der Waals surface area contributed by atoms with Gasteiger partial charge in [0.1, 0.15) is 0 Å². The van der Waals surface area contributed by atoms with Crippen molar-refractivity contribution in [3.05, 3.63) is 106 Å². The van der Waals surface area contributed by atoms with Crippen molar-refractivity contribution in [3.8, 4) is 0 Å². The maximum Gasteiger partial charge on any atom is 0.251 e. The van der Waals surface area contributed by atoms with Gasteiger partial charge in [0.25, 0.3) is 5.56 Å². The molecule has 0 spiro atoms. The van der Waals surface area contributed by atoms with Gasteiger partial charge in [-0.1, -0.05) is 84.6 Å². The summed E-state index contributed by atoms with van der Waals surface area (Å²) in [7, 11) is 0. The molecule has 0 amide bonds. The van der Waals surface area contributed by atoms with Gasteiger partial charge in [-0.15, -0.1) is 0 Å². The Balaban J connectivity index is 1.51. The van der Waals surface area contributed by atoms with Crippen molar-refractivity contribution in [1.29, 1.82) is 0 Å². The first-order valence-corrected chi connectivity index (χ1v) is 10.00. The molecule has 0 saturated carbocycles. The summed E-state index contributed by atoms with van der Waals surface area (Å²) in [5.41, 5.74) is 3.19. The minimum atomic E-state index is -0.0950. The summed E-state index contributed by atoms with van der Waals surface area (Å²) in [6.07, 6.45) is 1.60. The molecule has 0 aliphatic rings. The van der Waals surface area contributed by atoms with Crippen molar-refractivity contribution in [2.45, 2.75) is 18.0 Å². The highest BCUT2D eigenvalue weighted by molar-refractivity contribution is 7.99. The fourth-order valence-corrected chi connectivity index (χ4v) is 4.08. The first-order chi connectivity index (χ1) is 13.3. The number of hydrogen-bond acceptors (Lipinski definition) is 3. The molecular weight excluding hydrogens is 352 g/mol. The summed E-state index contributed by atoms with van der Waals surface area (Å²) >= 11 is 1.59. The molecule has 0 radical (unpaired) electrons. The van der Waals surface area contributed by atoms with E-state index in [1.807, 2.05) is 30.3 Å². The average Bonchev–Trinajstić information content (AvgIpc) is 2.69. The van der Waals surface area contributed by atoms with E-state index in [2.05, 4.69) is 52.4 Å². The molecular formula is C23H20N2OS. The van der Waals surface area contributed by atoms with E-state index in [9.17, 15) is 4.79 Å². The molecule has 27 heavy (non-hydrogen) atoms. The normalized spacial score (nSPS) is 11.0. The average molecular weight is 372 g/mol. The van der Waals surface area contributed by atoms with Crippen molar-refractivity contribution in [2.24, 2.45) is 0 Å². The summed E-state index contributed by atoms with van der Waals surface area (Å²) < 4.78 is 0. The third kappa shape index (κ3) is 4.47. The maximum atomic E-state index is 12.1. The highest BCUT2D eigenvalue weighted by Crippen LogP contribution is 2.21. The molecule has 0 saturated heterocycles. The number of rotatable bonds is 6. The number of hydrogen-bond donors (Lipinski definition) is 1. The molecule has 0 fully saturated rings. The van der Waals surface area contributed by atoms with E-state index in [1.54, 1.807) is 17.8 Å². The molecule has 0 unspecified atom stereocenters. The Hall–Kier alpha value is -2.85. The molecule has 4 heteroatoms. The second kappa shape index (κ2) is 8.23. The zero-order valence-electron chi connectivity index (χ0n) is 14.9. The van der Waals surface area contributed by atoms with Crippen molar-refractivity contribution in [2.75, 3.05) is 5.75 Å². The van der Waals surface area contributed by atoms with Crippen LogP contribution in [-0.2, 0) is 12.8 Å². The van der Waals surface area contributed by atoms with Crippen LogP contribution < -0.4 is 5.56 Å². The van der Waals surface area contributed by atoms with Gasteiger partial charge < -0.3 is 4.98 Å². The standard InChI is InChI=1S/C23H20N2OS/c26-22-16-20(15-19-11-6-10-18-9-4-5-12-21(18)19)24-23(25-22)27-14-13-17-7-2-1-3-8-17/h1-12,16H,13-15H2,(H,24,25,26). The molecule has 134 valence electrons. The topological polar surface area (TPSA) is 45.8 Å². The zero-order valence-corrected chi connectivity index (χ0v) is 15.7. The van der Waals surface area contributed by atoms with E-state index < -0.39 is 0 Å². The Bertz CT molecular complexity index is 1100. The van der Waals surface area contributed by atoms with Gasteiger partial charge in [0.05, 0.1) is 5.69 Å².